The molecule has 0 aliphatic carbocycles. The largest absolute Gasteiger partial charge is 0.461 e. The first-order valence-electron chi connectivity index (χ1n) is 8.04. The Bertz CT molecular complexity index is 332. The van der Waals surface area contributed by atoms with Crippen LogP contribution in [0.15, 0.2) is 0 Å². The van der Waals surface area contributed by atoms with Crippen LogP contribution in [0.1, 0.15) is 46.5 Å². The first-order valence-corrected chi connectivity index (χ1v) is 8.04. The summed E-state index contributed by atoms with van der Waals surface area (Å²) in [5.74, 6) is -0.324. The number of hydrogen-bond donors (Lipinski definition) is 1. The Morgan fingerprint density at radius 3 is 2.09 bits per heavy atom. The molecule has 0 aromatic rings. The number of nitrogens with zero attached hydrogens (tertiary/aromatic N) is 1. The lowest BCUT2D eigenvalue weighted by Gasteiger charge is -2.24. The van der Waals surface area contributed by atoms with Crippen molar-refractivity contribution in [1.29, 1.82) is 0 Å². The van der Waals surface area contributed by atoms with Crippen molar-refractivity contribution in [3.05, 3.63) is 0 Å². The molecule has 2 atom stereocenters. The molecule has 0 aliphatic rings. The molecule has 6 heteroatoms. The van der Waals surface area contributed by atoms with Crippen LogP contribution in [0.3, 0.4) is 0 Å². The van der Waals surface area contributed by atoms with Gasteiger partial charge in [-0.2, -0.15) is 0 Å². The lowest BCUT2D eigenvalue weighted by molar-refractivity contribution is -0.156. The summed E-state index contributed by atoms with van der Waals surface area (Å²) in [6, 6.07) is -0.867. The molecule has 0 aromatic carbocycles. The number of carbonyl (C=O) groups excluding carboxylic acids is 2. The lowest BCUT2D eigenvalue weighted by atomic mass is 10.0. The van der Waals surface area contributed by atoms with Crippen LogP contribution in [0.4, 0.5) is 0 Å². The minimum absolute atomic E-state index is 0.0478. The molecular weight excluding hydrogens is 284 g/mol. The maximum atomic E-state index is 12.0. The number of nitrogens with two attached hydrogens (primary N) is 1. The van der Waals surface area contributed by atoms with Crippen molar-refractivity contribution in [3.63, 3.8) is 0 Å². The fourth-order valence-electron chi connectivity index (χ4n) is 1.99. The topological polar surface area (TPSA) is 81.9 Å². The highest BCUT2D eigenvalue weighted by molar-refractivity contribution is 5.76. The van der Waals surface area contributed by atoms with Gasteiger partial charge in [0.25, 0.3) is 0 Å². The predicted octanol–water partition coefficient (Wildman–Crippen LogP) is 1.57. The van der Waals surface area contributed by atoms with Crippen molar-refractivity contribution in [2.45, 2.75) is 58.5 Å². The fourth-order valence-corrected chi connectivity index (χ4v) is 1.99. The Kier molecular flexibility index (Phi) is 10.8. The number of unbranched alkanes of at least 4 members (excludes halogenated alkanes) is 1. The molecule has 0 rings (SSSR count). The molecule has 0 unspecified atom stereocenters. The summed E-state index contributed by atoms with van der Waals surface area (Å²) >= 11 is 0. The van der Waals surface area contributed by atoms with Crippen molar-refractivity contribution >= 4 is 11.9 Å². The number of carbonyl (C=O) groups is 2. The van der Waals surface area contributed by atoms with Gasteiger partial charge in [0.2, 0.25) is 0 Å². The zero-order chi connectivity index (χ0) is 17.1. The van der Waals surface area contributed by atoms with Gasteiger partial charge in [0.05, 0.1) is 0 Å². The van der Waals surface area contributed by atoms with Crippen LogP contribution in [-0.4, -0.2) is 56.2 Å². The van der Waals surface area contributed by atoms with Crippen LogP contribution in [0.25, 0.3) is 0 Å². The summed E-state index contributed by atoms with van der Waals surface area (Å²) in [7, 11) is 3.70. The number of hydrogen-bond acceptors (Lipinski definition) is 6. The summed E-state index contributed by atoms with van der Waals surface area (Å²) in [6.07, 6.45) is 3.23. The van der Waals surface area contributed by atoms with Gasteiger partial charge in [0, 0.05) is 0 Å². The molecule has 0 saturated carbocycles. The summed E-state index contributed by atoms with van der Waals surface area (Å²) in [5, 5.41) is 0. The Morgan fingerprint density at radius 1 is 1.09 bits per heavy atom. The number of rotatable bonds is 11. The quantitative estimate of drug-likeness (QED) is 0.460. The summed E-state index contributed by atoms with van der Waals surface area (Å²) in [4.78, 5) is 25.4. The minimum atomic E-state index is -0.592. The Balaban J connectivity index is 4.02. The second kappa shape index (κ2) is 11.4. The molecule has 0 aromatic heterocycles. The maximum Gasteiger partial charge on any atom is 0.323 e. The van der Waals surface area contributed by atoms with E-state index in [1.165, 1.54) is 0 Å². The second-order valence-corrected chi connectivity index (χ2v) is 6.19. The minimum Gasteiger partial charge on any atom is -0.461 e. The third-order valence-corrected chi connectivity index (χ3v) is 3.33. The van der Waals surface area contributed by atoms with Gasteiger partial charge >= 0.3 is 11.9 Å². The maximum absolute atomic E-state index is 12.0. The molecule has 6 nitrogen and oxygen atoms in total. The Hall–Kier alpha value is -1.14. The molecule has 0 aliphatic heterocycles. The number of ether oxygens (including phenoxy) is 2. The van der Waals surface area contributed by atoms with Crippen LogP contribution in [0, 0.1) is 5.92 Å². The predicted molar refractivity (Wildman–Crippen MR) is 86.3 cm³/mol. The van der Waals surface area contributed by atoms with Crippen LogP contribution in [0.2, 0.25) is 0 Å². The van der Waals surface area contributed by atoms with Crippen molar-refractivity contribution in [1.82, 2.24) is 4.90 Å². The molecular formula is C16H32N2O4. The van der Waals surface area contributed by atoms with Crippen molar-refractivity contribution in [2.75, 3.05) is 27.3 Å². The molecule has 0 spiro atoms. The highest BCUT2D eigenvalue weighted by Gasteiger charge is 2.23. The van der Waals surface area contributed by atoms with Crippen LogP contribution in [-0.2, 0) is 19.1 Å². The van der Waals surface area contributed by atoms with Gasteiger partial charge in [0.15, 0.2) is 0 Å². The zero-order valence-electron chi connectivity index (χ0n) is 14.6. The van der Waals surface area contributed by atoms with Gasteiger partial charge in [-0.05, 0) is 32.9 Å². The summed E-state index contributed by atoms with van der Waals surface area (Å²) in [5.41, 5.74) is 5.70. The van der Waals surface area contributed by atoms with Crippen LogP contribution in [0.5, 0.6) is 0 Å². The molecule has 0 radical (unpaired) electrons. The summed E-state index contributed by atoms with van der Waals surface area (Å²) < 4.78 is 10.2. The van der Waals surface area contributed by atoms with E-state index in [1.54, 1.807) is 0 Å². The molecule has 2 N–H and O–H groups in total. The normalized spacial score (nSPS) is 14.0. The van der Waals surface area contributed by atoms with Gasteiger partial charge < -0.3 is 15.2 Å². The average molecular weight is 316 g/mol. The second-order valence-electron chi connectivity index (χ2n) is 6.19. The lowest BCUT2D eigenvalue weighted by Crippen LogP contribution is -2.39. The third-order valence-electron chi connectivity index (χ3n) is 3.33. The summed E-state index contributed by atoms with van der Waals surface area (Å²) in [6.45, 7) is 6.27. The van der Waals surface area contributed by atoms with Crippen LogP contribution < -0.4 is 5.73 Å². The average Bonchev–Trinajstić information content (AvgIpc) is 2.45. The molecule has 0 saturated heterocycles. The van der Waals surface area contributed by atoms with Crippen LogP contribution >= 0.6 is 0 Å². The van der Waals surface area contributed by atoms with E-state index in [0.717, 1.165) is 19.3 Å². The van der Waals surface area contributed by atoms with Gasteiger partial charge in [-0.1, -0.05) is 33.6 Å². The van der Waals surface area contributed by atoms with E-state index in [0.29, 0.717) is 12.3 Å². The van der Waals surface area contributed by atoms with E-state index in [1.807, 2.05) is 25.9 Å². The van der Waals surface area contributed by atoms with Gasteiger partial charge in [0.1, 0.15) is 25.3 Å². The fraction of sp³-hybridized carbons (Fsp3) is 0.875. The van der Waals surface area contributed by atoms with Crippen molar-refractivity contribution in [2.24, 2.45) is 11.7 Å². The zero-order valence-corrected chi connectivity index (χ0v) is 14.6. The van der Waals surface area contributed by atoms with E-state index in [4.69, 9.17) is 15.2 Å². The monoisotopic (exact) mass is 316 g/mol. The molecule has 0 bridgehead atoms. The Labute approximate surface area is 134 Å². The highest BCUT2D eigenvalue weighted by Crippen LogP contribution is 2.10. The number of esters is 2. The van der Waals surface area contributed by atoms with Gasteiger partial charge in [-0.25, -0.2) is 0 Å². The SMILES string of the molecule is CCCC[C@H](N)C(=O)OCCOC(=O)[C@H](CC(C)C)N(C)C. The Morgan fingerprint density at radius 2 is 1.64 bits per heavy atom. The first kappa shape index (κ1) is 20.9. The standard InChI is InChI=1S/C16H32N2O4/c1-6-7-8-13(17)15(19)21-9-10-22-16(20)14(18(4)5)11-12(2)3/h12-14H,6-11,17H2,1-5H3/t13-,14-/m0/s1. The van der Waals surface area contributed by atoms with E-state index in [2.05, 4.69) is 13.8 Å². The van der Waals surface area contributed by atoms with Gasteiger partial charge in [-0.15, -0.1) is 0 Å². The first-order chi connectivity index (χ1) is 10.3. The van der Waals surface area contributed by atoms with E-state index in [-0.39, 0.29) is 25.2 Å². The molecule has 0 fully saturated rings. The van der Waals surface area contributed by atoms with Gasteiger partial charge in [-0.3, -0.25) is 14.5 Å². The van der Waals surface area contributed by atoms with Crippen molar-refractivity contribution in [3.8, 4) is 0 Å². The van der Waals surface area contributed by atoms with Crippen molar-refractivity contribution < 1.29 is 19.1 Å². The van der Waals surface area contributed by atoms with E-state index < -0.39 is 12.0 Å². The number of likely N-dealkylation sites (N-methyl/N-ethyl adjacent to an activating group) is 1. The smallest absolute Gasteiger partial charge is 0.323 e. The molecule has 130 valence electrons. The van der Waals surface area contributed by atoms with E-state index >= 15 is 0 Å². The molecule has 22 heavy (non-hydrogen) atoms. The molecule has 0 amide bonds. The van der Waals surface area contributed by atoms with E-state index in [9.17, 15) is 9.59 Å². The molecule has 0 heterocycles. The highest BCUT2D eigenvalue weighted by atomic mass is 16.6. The third kappa shape index (κ3) is 9.00.